The van der Waals surface area contributed by atoms with Gasteiger partial charge >= 0.3 is 5.97 Å². The Morgan fingerprint density at radius 2 is 2.06 bits per heavy atom. The molecular formula is C12H22N2O3S. The van der Waals surface area contributed by atoms with Gasteiger partial charge in [-0.2, -0.15) is 0 Å². The predicted molar refractivity (Wildman–Crippen MR) is 70.6 cm³/mol. The SMILES string of the molecule is CCOC(=O)C(N)(CN1CCS(=O)CC1)C1CC1. The zero-order chi connectivity index (χ0) is 13.2. The maximum Gasteiger partial charge on any atom is 0.327 e. The van der Waals surface area contributed by atoms with Gasteiger partial charge in [-0.1, -0.05) is 0 Å². The molecule has 0 aromatic rings. The first-order valence-electron chi connectivity index (χ1n) is 6.59. The van der Waals surface area contributed by atoms with Crippen LogP contribution in [0, 0.1) is 5.92 Å². The number of nitrogens with zero attached hydrogens (tertiary/aromatic N) is 1. The van der Waals surface area contributed by atoms with Gasteiger partial charge in [-0.3, -0.25) is 9.11 Å². The van der Waals surface area contributed by atoms with Crippen LogP contribution in [0.2, 0.25) is 0 Å². The molecule has 0 aromatic carbocycles. The molecule has 5 nitrogen and oxygen atoms in total. The van der Waals surface area contributed by atoms with Gasteiger partial charge in [-0.15, -0.1) is 0 Å². The molecule has 0 radical (unpaired) electrons. The predicted octanol–water partition coefficient (Wildman–Crippen LogP) is -0.279. The first-order valence-corrected chi connectivity index (χ1v) is 8.08. The van der Waals surface area contributed by atoms with Gasteiger partial charge in [-0.05, 0) is 25.7 Å². The Hall–Kier alpha value is -0.460. The molecule has 1 saturated carbocycles. The van der Waals surface area contributed by atoms with E-state index in [2.05, 4.69) is 4.90 Å². The van der Waals surface area contributed by atoms with E-state index in [0.29, 0.717) is 24.7 Å². The van der Waals surface area contributed by atoms with Crippen LogP contribution in [-0.4, -0.2) is 58.4 Å². The molecular weight excluding hydrogens is 252 g/mol. The van der Waals surface area contributed by atoms with Gasteiger partial charge in [0.2, 0.25) is 0 Å². The summed E-state index contributed by atoms with van der Waals surface area (Å²) in [5, 5.41) is 0. The number of ether oxygens (including phenoxy) is 1. The molecule has 1 saturated heterocycles. The summed E-state index contributed by atoms with van der Waals surface area (Å²) in [7, 11) is -0.697. The third kappa shape index (κ3) is 3.10. The Kier molecular flexibility index (Phi) is 4.40. The third-order valence-electron chi connectivity index (χ3n) is 3.72. The Morgan fingerprint density at radius 1 is 1.44 bits per heavy atom. The number of hydrogen-bond donors (Lipinski definition) is 1. The highest BCUT2D eigenvalue weighted by atomic mass is 32.2. The average Bonchev–Trinajstić information content (AvgIpc) is 3.16. The van der Waals surface area contributed by atoms with Gasteiger partial charge in [0, 0.05) is 41.9 Å². The van der Waals surface area contributed by atoms with Crippen molar-refractivity contribution in [2.75, 3.05) is 37.7 Å². The second-order valence-corrected chi connectivity index (χ2v) is 6.86. The lowest BCUT2D eigenvalue weighted by Crippen LogP contribution is -2.60. The van der Waals surface area contributed by atoms with E-state index in [1.54, 1.807) is 6.92 Å². The molecule has 1 aliphatic heterocycles. The van der Waals surface area contributed by atoms with Crippen molar-refractivity contribution in [3.8, 4) is 0 Å². The number of nitrogens with two attached hydrogens (primary N) is 1. The van der Waals surface area contributed by atoms with Crippen molar-refractivity contribution < 1.29 is 13.7 Å². The fourth-order valence-electron chi connectivity index (χ4n) is 2.43. The first kappa shape index (κ1) is 14.0. The van der Waals surface area contributed by atoms with Crippen molar-refractivity contribution in [1.82, 2.24) is 4.90 Å². The van der Waals surface area contributed by atoms with E-state index < -0.39 is 16.3 Å². The maximum atomic E-state index is 12.1. The van der Waals surface area contributed by atoms with Crippen LogP contribution in [0.3, 0.4) is 0 Å². The Balaban J connectivity index is 1.97. The summed E-state index contributed by atoms with van der Waals surface area (Å²) in [6, 6.07) is 0. The summed E-state index contributed by atoms with van der Waals surface area (Å²) in [4.78, 5) is 14.2. The lowest BCUT2D eigenvalue weighted by atomic mass is 9.93. The molecule has 1 atom stereocenters. The second kappa shape index (κ2) is 5.67. The van der Waals surface area contributed by atoms with Gasteiger partial charge in [0.05, 0.1) is 6.61 Å². The topological polar surface area (TPSA) is 72.6 Å². The third-order valence-corrected chi connectivity index (χ3v) is 4.99. The first-order chi connectivity index (χ1) is 8.56. The molecule has 6 heteroatoms. The van der Waals surface area contributed by atoms with Crippen LogP contribution in [-0.2, 0) is 20.3 Å². The van der Waals surface area contributed by atoms with E-state index >= 15 is 0 Å². The van der Waals surface area contributed by atoms with Crippen LogP contribution in [0.25, 0.3) is 0 Å². The van der Waals surface area contributed by atoms with Crippen LogP contribution >= 0.6 is 0 Å². The number of carbonyl (C=O) groups is 1. The molecule has 1 unspecified atom stereocenters. The van der Waals surface area contributed by atoms with Crippen molar-refractivity contribution >= 4 is 16.8 Å². The standard InChI is InChI=1S/C12H22N2O3S/c1-2-17-11(15)12(13,10-3-4-10)9-14-5-7-18(16)8-6-14/h10H,2-9,13H2,1H3. The zero-order valence-corrected chi connectivity index (χ0v) is 11.7. The minimum Gasteiger partial charge on any atom is -0.465 e. The normalized spacial score (nSPS) is 25.7. The minimum atomic E-state index is -0.866. The molecule has 1 heterocycles. The van der Waals surface area contributed by atoms with Crippen molar-refractivity contribution in [3.63, 3.8) is 0 Å². The molecule has 2 aliphatic rings. The molecule has 0 spiro atoms. The smallest absolute Gasteiger partial charge is 0.327 e. The number of hydrogen-bond acceptors (Lipinski definition) is 5. The Labute approximate surface area is 110 Å². The molecule has 2 N–H and O–H groups in total. The van der Waals surface area contributed by atoms with Crippen LogP contribution < -0.4 is 5.73 Å². The van der Waals surface area contributed by atoms with Gasteiger partial charge in [-0.25, -0.2) is 4.79 Å². The van der Waals surface area contributed by atoms with Crippen molar-refractivity contribution in [3.05, 3.63) is 0 Å². The lowest BCUT2D eigenvalue weighted by molar-refractivity contribution is -0.151. The summed E-state index contributed by atoms with van der Waals surface area (Å²) in [6.07, 6.45) is 2.02. The van der Waals surface area contributed by atoms with Gasteiger partial charge < -0.3 is 10.5 Å². The van der Waals surface area contributed by atoms with E-state index in [0.717, 1.165) is 25.9 Å². The molecule has 18 heavy (non-hydrogen) atoms. The van der Waals surface area contributed by atoms with Gasteiger partial charge in [0.15, 0.2) is 0 Å². The monoisotopic (exact) mass is 274 g/mol. The largest absolute Gasteiger partial charge is 0.465 e. The van der Waals surface area contributed by atoms with E-state index in [1.165, 1.54) is 0 Å². The highest BCUT2D eigenvalue weighted by Crippen LogP contribution is 2.39. The minimum absolute atomic E-state index is 0.254. The van der Waals surface area contributed by atoms with Gasteiger partial charge in [0.25, 0.3) is 0 Å². The molecule has 0 amide bonds. The molecule has 0 bridgehead atoms. The highest BCUT2D eigenvalue weighted by Gasteiger charge is 2.50. The van der Waals surface area contributed by atoms with Crippen LogP contribution in [0.15, 0.2) is 0 Å². The number of carbonyl (C=O) groups excluding carboxylic acids is 1. The second-order valence-electron chi connectivity index (χ2n) is 5.16. The average molecular weight is 274 g/mol. The fraction of sp³-hybridized carbons (Fsp3) is 0.917. The van der Waals surface area contributed by atoms with Crippen molar-refractivity contribution in [2.24, 2.45) is 11.7 Å². The van der Waals surface area contributed by atoms with Crippen LogP contribution in [0.4, 0.5) is 0 Å². The zero-order valence-electron chi connectivity index (χ0n) is 10.9. The summed E-state index contributed by atoms with van der Waals surface area (Å²) in [6.45, 7) is 4.23. The quantitative estimate of drug-likeness (QED) is 0.698. The highest BCUT2D eigenvalue weighted by molar-refractivity contribution is 7.85. The van der Waals surface area contributed by atoms with E-state index in [-0.39, 0.29) is 11.9 Å². The molecule has 2 rings (SSSR count). The van der Waals surface area contributed by atoms with Crippen molar-refractivity contribution in [1.29, 1.82) is 0 Å². The summed E-state index contributed by atoms with van der Waals surface area (Å²) >= 11 is 0. The summed E-state index contributed by atoms with van der Waals surface area (Å²) in [5.41, 5.74) is 5.44. The molecule has 0 aromatic heterocycles. The van der Waals surface area contributed by atoms with E-state index in [1.807, 2.05) is 0 Å². The molecule has 1 aliphatic carbocycles. The van der Waals surface area contributed by atoms with E-state index in [4.69, 9.17) is 10.5 Å². The number of esters is 1. The molecule has 2 fully saturated rings. The summed E-state index contributed by atoms with van der Waals surface area (Å²) in [5.74, 6) is 1.34. The Bertz CT molecular complexity index is 336. The van der Waals surface area contributed by atoms with Crippen molar-refractivity contribution in [2.45, 2.75) is 25.3 Å². The summed E-state index contributed by atoms with van der Waals surface area (Å²) < 4.78 is 16.4. The van der Waals surface area contributed by atoms with Crippen LogP contribution in [0.5, 0.6) is 0 Å². The number of rotatable bonds is 5. The van der Waals surface area contributed by atoms with E-state index in [9.17, 15) is 9.00 Å². The van der Waals surface area contributed by atoms with Crippen LogP contribution in [0.1, 0.15) is 19.8 Å². The van der Waals surface area contributed by atoms with Gasteiger partial charge in [0.1, 0.15) is 5.54 Å². The maximum absolute atomic E-state index is 12.1. The Morgan fingerprint density at radius 3 is 2.56 bits per heavy atom. The lowest BCUT2D eigenvalue weighted by Gasteiger charge is -2.35. The fourth-order valence-corrected chi connectivity index (χ4v) is 3.56. The molecule has 104 valence electrons.